The zero-order chi connectivity index (χ0) is 20.1. The van der Waals surface area contributed by atoms with E-state index in [1.54, 1.807) is 0 Å². The molecular weight excluding hydrogens is 364 g/mol. The number of hydrogen-bond acceptors (Lipinski definition) is 3. The van der Waals surface area contributed by atoms with Crippen molar-refractivity contribution < 1.29 is 14.3 Å². The molecule has 1 aromatic rings. The van der Waals surface area contributed by atoms with Crippen LogP contribution in [-0.4, -0.2) is 60.5 Å². The van der Waals surface area contributed by atoms with E-state index in [-0.39, 0.29) is 23.3 Å². The van der Waals surface area contributed by atoms with Gasteiger partial charge in [-0.1, -0.05) is 30.3 Å². The van der Waals surface area contributed by atoms with Crippen LogP contribution in [0.2, 0.25) is 0 Å². The molecule has 1 spiro atoms. The lowest BCUT2D eigenvalue weighted by molar-refractivity contribution is -0.161. The number of hydrogen-bond donors (Lipinski definition) is 0. The van der Waals surface area contributed by atoms with E-state index in [0.29, 0.717) is 26.2 Å². The Bertz CT molecular complexity index is 688. The smallest absolute Gasteiger partial charge is 0.245 e. The number of benzene rings is 1. The number of nitrogens with zero attached hydrogens (tertiary/aromatic N) is 2. The molecule has 3 aliphatic rings. The van der Waals surface area contributed by atoms with Gasteiger partial charge in [-0.05, 0) is 56.9 Å². The van der Waals surface area contributed by atoms with Crippen molar-refractivity contribution in [3.05, 3.63) is 35.9 Å². The quantitative estimate of drug-likeness (QED) is 0.781. The maximum Gasteiger partial charge on any atom is 0.245 e. The maximum atomic E-state index is 13.7. The lowest BCUT2D eigenvalue weighted by Gasteiger charge is -2.52. The number of ether oxygens (including phenoxy) is 1. The highest BCUT2D eigenvalue weighted by atomic mass is 16.5. The minimum absolute atomic E-state index is 0.104. The summed E-state index contributed by atoms with van der Waals surface area (Å²) in [7, 11) is 0. The summed E-state index contributed by atoms with van der Waals surface area (Å²) in [6, 6.07) is 9.86. The number of likely N-dealkylation sites (tertiary alicyclic amines) is 2. The van der Waals surface area contributed by atoms with Gasteiger partial charge in [0, 0.05) is 44.7 Å². The van der Waals surface area contributed by atoms with Gasteiger partial charge in [0.25, 0.3) is 0 Å². The van der Waals surface area contributed by atoms with Crippen LogP contribution < -0.4 is 0 Å². The molecule has 0 aliphatic carbocycles. The number of carbonyl (C=O) groups excluding carboxylic acids is 2. The fourth-order valence-corrected chi connectivity index (χ4v) is 5.49. The normalized spacial score (nSPS) is 24.5. The second-order valence-electron chi connectivity index (χ2n) is 8.94. The molecule has 1 atom stereocenters. The van der Waals surface area contributed by atoms with E-state index in [1.807, 2.05) is 28.0 Å². The van der Waals surface area contributed by atoms with Crippen LogP contribution in [0.25, 0.3) is 0 Å². The van der Waals surface area contributed by atoms with Crippen LogP contribution in [-0.2, 0) is 20.7 Å². The first-order valence-electron chi connectivity index (χ1n) is 11.4. The van der Waals surface area contributed by atoms with Gasteiger partial charge in [0.1, 0.15) is 6.04 Å². The van der Waals surface area contributed by atoms with Gasteiger partial charge in [-0.3, -0.25) is 9.59 Å². The zero-order valence-corrected chi connectivity index (χ0v) is 17.5. The van der Waals surface area contributed by atoms with Gasteiger partial charge in [0.2, 0.25) is 11.8 Å². The Balaban J connectivity index is 1.54. The van der Waals surface area contributed by atoms with Crippen LogP contribution in [0.3, 0.4) is 0 Å². The van der Waals surface area contributed by atoms with Crippen molar-refractivity contribution in [2.75, 3.05) is 32.8 Å². The maximum absolute atomic E-state index is 13.7. The molecule has 4 rings (SSSR count). The average Bonchev–Trinajstić information content (AvgIpc) is 2.79. The molecule has 158 valence electrons. The second-order valence-corrected chi connectivity index (χ2v) is 8.94. The fraction of sp³-hybridized carbons (Fsp3) is 0.667. The Morgan fingerprint density at radius 2 is 1.66 bits per heavy atom. The van der Waals surface area contributed by atoms with E-state index in [1.165, 1.54) is 12.0 Å². The van der Waals surface area contributed by atoms with Crippen LogP contribution in [0.15, 0.2) is 30.3 Å². The topological polar surface area (TPSA) is 49.9 Å². The van der Waals surface area contributed by atoms with E-state index < -0.39 is 0 Å². The third-order valence-electron chi connectivity index (χ3n) is 7.15. The summed E-state index contributed by atoms with van der Waals surface area (Å²) < 4.78 is 5.64. The molecule has 0 saturated carbocycles. The predicted octanol–water partition coefficient (Wildman–Crippen LogP) is 3.42. The number of amides is 2. The number of aryl methyl sites for hydroxylation is 1. The van der Waals surface area contributed by atoms with E-state index in [2.05, 4.69) is 12.1 Å². The van der Waals surface area contributed by atoms with Crippen molar-refractivity contribution in [3.63, 3.8) is 0 Å². The van der Waals surface area contributed by atoms with Crippen LogP contribution in [0.1, 0.15) is 56.9 Å². The predicted molar refractivity (Wildman–Crippen MR) is 112 cm³/mol. The molecular formula is C24H34N2O3. The molecule has 2 amide bonds. The molecule has 0 bridgehead atoms. The van der Waals surface area contributed by atoms with Gasteiger partial charge in [0.05, 0.1) is 0 Å². The Kier molecular flexibility index (Phi) is 6.53. The van der Waals surface area contributed by atoms with Gasteiger partial charge in [-0.25, -0.2) is 0 Å². The van der Waals surface area contributed by atoms with Crippen LogP contribution in [0.5, 0.6) is 0 Å². The summed E-state index contributed by atoms with van der Waals surface area (Å²) in [5.41, 5.74) is 1.07. The van der Waals surface area contributed by atoms with E-state index in [0.717, 1.165) is 58.0 Å². The zero-order valence-electron chi connectivity index (χ0n) is 17.5. The first kappa shape index (κ1) is 20.4. The molecule has 3 aliphatic heterocycles. The van der Waals surface area contributed by atoms with Crippen molar-refractivity contribution >= 4 is 11.8 Å². The molecule has 3 saturated heterocycles. The summed E-state index contributed by atoms with van der Waals surface area (Å²) in [6.07, 6.45) is 8.36. The minimum Gasteiger partial charge on any atom is -0.381 e. The van der Waals surface area contributed by atoms with Crippen molar-refractivity contribution in [3.8, 4) is 0 Å². The first-order chi connectivity index (χ1) is 14.2. The molecule has 1 aromatic carbocycles. The summed E-state index contributed by atoms with van der Waals surface area (Å²) in [5, 5.41) is 0. The van der Waals surface area contributed by atoms with E-state index in [9.17, 15) is 9.59 Å². The number of rotatable bonds is 4. The minimum atomic E-state index is -0.304. The molecule has 0 N–H and O–H groups in total. The van der Waals surface area contributed by atoms with Crippen molar-refractivity contribution in [1.29, 1.82) is 0 Å². The summed E-state index contributed by atoms with van der Waals surface area (Å²) in [5.74, 6) is 0.328. The largest absolute Gasteiger partial charge is 0.381 e. The summed E-state index contributed by atoms with van der Waals surface area (Å²) in [6.45, 7) is 3.80. The number of carbonyl (C=O) groups is 2. The van der Waals surface area contributed by atoms with Gasteiger partial charge < -0.3 is 14.5 Å². The van der Waals surface area contributed by atoms with Crippen molar-refractivity contribution in [1.82, 2.24) is 9.80 Å². The molecule has 3 fully saturated rings. The molecule has 5 heteroatoms. The Hall–Kier alpha value is -1.88. The molecule has 29 heavy (non-hydrogen) atoms. The van der Waals surface area contributed by atoms with Gasteiger partial charge in [-0.15, -0.1) is 0 Å². The van der Waals surface area contributed by atoms with Gasteiger partial charge in [-0.2, -0.15) is 0 Å². The van der Waals surface area contributed by atoms with Gasteiger partial charge in [0.15, 0.2) is 0 Å². The molecule has 3 heterocycles. The summed E-state index contributed by atoms with van der Waals surface area (Å²) in [4.78, 5) is 31.0. The summed E-state index contributed by atoms with van der Waals surface area (Å²) >= 11 is 0. The number of piperidine rings is 2. The Morgan fingerprint density at radius 3 is 2.38 bits per heavy atom. The molecule has 5 nitrogen and oxygen atoms in total. The van der Waals surface area contributed by atoms with Crippen molar-refractivity contribution in [2.45, 2.75) is 63.8 Å². The monoisotopic (exact) mass is 398 g/mol. The van der Waals surface area contributed by atoms with Crippen LogP contribution in [0.4, 0.5) is 0 Å². The van der Waals surface area contributed by atoms with Crippen LogP contribution in [0, 0.1) is 5.41 Å². The standard InChI is InChI=1S/C24H34N2O3/c27-21(11-10-20-8-3-1-4-9-20)26-17-7-12-24(13-18-29-19-14-24)22(26)23(28)25-15-5-2-6-16-25/h1,3-4,8-9,22H,2,5-7,10-19H2. The third kappa shape index (κ3) is 4.50. The van der Waals surface area contributed by atoms with E-state index in [4.69, 9.17) is 4.74 Å². The first-order valence-corrected chi connectivity index (χ1v) is 11.4. The van der Waals surface area contributed by atoms with E-state index >= 15 is 0 Å². The SMILES string of the molecule is O=C(C1N(C(=O)CCc2ccccc2)CCCC12CCOCC2)N1CCCCC1. The highest BCUT2D eigenvalue weighted by Gasteiger charge is 2.51. The lowest BCUT2D eigenvalue weighted by Crippen LogP contribution is -2.63. The Labute approximate surface area is 174 Å². The van der Waals surface area contributed by atoms with Crippen molar-refractivity contribution in [2.24, 2.45) is 5.41 Å². The lowest BCUT2D eigenvalue weighted by atomic mass is 9.67. The third-order valence-corrected chi connectivity index (χ3v) is 7.15. The highest BCUT2D eigenvalue weighted by molar-refractivity contribution is 5.89. The van der Waals surface area contributed by atoms with Crippen LogP contribution >= 0.6 is 0 Å². The average molecular weight is 399 g/mol. The van der Waals surface area contributed by atoms with Gasteiger partial charge >= 0.3 is 0 Å². The molecule has 0 aromatic heterocycles. The second kappa shape index (κ2) is 9.29. The molecule has 0 radical (unpaired) electrons. The highest BCUT2D eigenvalue weighted by Crippen LogP contribution is 2.45. The molecule has 1 unspecified atom stereocenters. The Morgan fingerprint density at radius 1 is 0.931 bits per heavy atom. The fourth-order valence-electron chi connectivity index (χ4n) is 5.49.